The molecule has 0 aliphatic heterocycles. The van der Waals surface area contributed by atoms with Gasteiger partial charge in [0.2, 0.25) is 0 Å². The average molecular weight is 322 g/mol. The van der Waals surface area contributed by atoms with E-state index in [9.17, 15) is 12.8 Å². The minimum Gasteiger partial charge on any atom is -0.268 e. The molecule has 2 rings (SSSR count). The van der Waals surface area contributed by atoms with Gasteiger partial charge in [0.25, 0.3) is 10.2 Å². The van der Waals surface area contributed by atoms with Gasteiger partial charge >= 0.3 is 0 Å². The predicted octanol–water partition coefficient (Wildman–Crippen LogP) is 3.54. The van der Waals surface area contributed by atoms with E-state index in [0.717, 1.165) is 5.56 Å². The molecule has 0 amide bonds. The van der Waals surface area contributed by atoms with Crippen molar-refractivity contribution < 1.29 is 12.8 Å². The maximum atomic E-state index is 14.1. The summed E-state index contributed by atoms with van der Waals surface area (Å²) in [6.07, 6.45) is 0. The van der Waals surface area contributed by atoms with E-state index in [0.29, 0.717) is 5.56 Å². The van der Waals surface area contributed by atoms with Gasteiger partial charge in [-0.1, -0.05) is 36.4 Å². The molecule has 4 nitrogen and oxygen atoms in total. The molecule has 0 heterocycles. The second kappa shape index (κ2) is 6.06. The van der Waals surface area contributed by atoms with Crippen LogP contribution in [0.4, 0.5) is 10.1 Å². The van der Waals surface area contributed by atoms with Crippen molar-refractivity contribution in [2.75, 3.05) is 4.72 Å². The quantitative estimate of drug-likeness (QED) is 0.904. The standard InChI is InChI=1S/C16H19FN2O2S/c1-16(2,3)19-22(20,21)18-15-10-9-13(11-14(15)17)12-7-5-4-6-8-12/h4-11,18-19H,1-3H3. The lowest BCUT2D eigenvalue weighted by Crippen LogP contribution is -2.43. The maximum absolute atomic E-state index is 14.1. The second-order valence-corrected chi connectivity index (χ2v) is 7.43. The van der Waals surface area contributed by atoms with Crippen LogP contribution in [0.2, 0.25) is 0 Å². The van der Waals surface area contributed by atoms with Gasteiger partial charge in [-0.3, -0.25) is 4.72 Å². The molecule has 2 aromatic rings. The fraction of sp³-hybridized carbons (Fsp3) is 0.250. The number of hydrogen-bond acceptors (Lipinski definition) is 2. The molecule has 0 aliphatic carbocycles. The molecule has 0 radical (unpaired) electrons. The van der Waals surface area contributed by atoms with E-state index in [4.69, 9.17) is 0 Å². The van der Waals surface area contributed by atoms with Gasteiger partial charge in [-0.05, 0) is 44.0 Å². The summed E-state index contributed by atoms with van der Waals surface area (Å²) >= 11 is 0. The van der Waals surface area contributed by atoms with Crippen molar-refractivity contribution in [1.29, 1.82) is 0 Å². The van der Waals surface area contributed by atoms with Gasteiger partial charge in [0.1, 0.15) is 5.82 Å². The lowest BCUT2D eigenvalue weighted by Gasteiger charge is -2.21. The van der Waals surface area contributed by atoms with Crippen molar-refractivity contribution >= 4 is 15.9 Å². The van der Waals surface area contributed by atoms with Crippen LogP contribution in [-0.4, -0.2) is 14.0 Å². The van der Waals surface area contributed by atoms with Crippen molar-refractivity contribution in [2.24, 2.45) is 0 Å². The Morgan fingerprint density at radius 1 is 0.955 bits per heavy atom. The Hall–Kier alpha value is -1.92. The van der Waals surface area contributed by atoms with Gasteiger partial charge in [0, 0.05) is 5.54 Å². The summed E-state index contributed by atoms with van der Waals surface area (Å²) in [4.78, 5) is 0. The van der Waals surface area contributed by atoms with E-state index < -0.39 is 21.6 Å². The van der Waals surface area contributed by atoms with Crippen LogP contribution in [0.3, 0.4) is 0 Å². The molecule has 2 aromatic carbocycles. The summed E-state index contributed by atoms with van der Waals surface area (Å²) in [6.45, 7) is 5.13. The molecule has 0 fully saturated rings. The number of halogens is 1. The van der Waals surface area contributed by atoms with E-state index in [1.165, 1.54) is 12.1 Å². The van der Waals surface area contributed by atoms with E-state index in [1.807, 2.05) is 30.3 Å². The summed E-state index contributed by atoms with van der Waals surface area (Å²) in [6, 6.07) is 13.7. The van der Waals surface area contributed by atoms with Crippen molar-refractivity contribution in [3.05, 3.63) is 54.3 Å². The van der Waals surface area contributed by atoms with Crippen LogP contribution >= 0.6 is 0 Å². The first-order chi connectivity index (χ1) is 10.2. The van der Waals surface area contributed by atoms with Crippen LogP contribution in [0.25, 0.3) is 11.1 Å². The third-order valence-corrected chi connectivity index (χ3v) is 4.13. The minimum absolute atomic E-state index is 0.0866. The van der Waals surface area contributed by atoms with Crippen LogP contribution in [0, 0.1) is 5.82 Å². The number of rotatable bonds is 4. The van der Waals surface area contributed by atoms with Crippen LogP contribution < -0.4 is 9.44 Å². The third-order valence-electron chi connectivity index (χ3n) is 2.76. The zero-order valence-electron chi connectivity index (χ0n) is 12.7. The summed E-state index contributed by atoms with van der Waals surface area (Å²) in [5.41, 5.74) is 0.816. The SMILES string of the molecule is CC(C)(C)NS(=O)(=O)Nc1ccc(-c2ccccc2)cc1F. The molecule has 6 heteroatoms. The molecule has 0 saturated carbocycles. The van der Waals surface area contributed by atoms with Gasteiger partial charge < -0.3 is 0 Å². The van der Waals surface area contributed by atoms with Crippen LogP contribution in [0.1, 0.15) is 20.8 Å². The Morgan fingerprint density at radius 2 is 1.59 bits per heavy atom. The first-order valence-corrected chi connectivity index (χ1v) is 8.31. The fourth-order valence-electron chi connectivity index (χ4n) is 1.98. The average Bonchev–Trinajstić information content (AvgIpc) is 2.39. The Balaban J connectivity index is 2.24. The molecule has 0 unspecified atom stereocenters. The van der Waals surface area contributed by atoms with Gasteiger partial charge in [-0.2, -0.15) is 13.1 Å². The van der Waals surface area contributed by atoms with E-state index >= 15 is 0 Å². The first kappa shape index (κ1) is 16.5. The number of hydrogen-bond donors (Lipinski definition) is 2. The van der Waals surface area contributed by atoms with Crippen molar-refractivity contribution in [2.45, 2.75) is 26.3 Å². The molecule has 0 aromatic heterocycles. The number of anilines is 1. The smallest absolute Gasteiger partial charge is 0.268 e. The van der Waals surface area contributed by atoms with Gasteiger partial charge in [-0.15, -0.1) is 0 Å². The minimum atomic E-state index is -3.83. The van der Waals surface area contributed by atoms with E-state index in [2.05, 4.69) is 9.44 Å². The summed E-state index contributed by atoms with van der Waals surface area (Å²) in [7, 11) is -3.83. The molecule has 0 spiro atoms. The van der Waals surface area contributed by atoms with Crippen molar-refractivity contribution in [3.8, 4) is 11.1 Å². The Morgan fingerprint density at radius 3 is 2.14 bits per heavy atom. The summed E-state index contributed by atoms with van der Waals surface area (Å²) < 4.78 is 42.6. The highest BCUT2D eigenvalue weighted by molar-refractivity contribution is 7.90. The molecule has 118 valence electrons. The largest absolute Gasteiger partial charge is 0.299 e. The molecule has 0 aliphatic rings. The Labute approximate surface area is 130 Å². The van der Waals surface area contributed by atoms with Crippen LogP contribution in [-0.2, 0) is 10.2 Å². The number of benzene rings is 2. The molecule has 2 N–H and O–H groups in total. The zero-order valence-corrected chi connectivity index (χ0v) is 13.5. The van der Waals surface area contributed by atoms with E-state index in [-0.39, 0.29) is 5.69 Å². The Bertz CT molecular complexity index is 753. The van der Waals surface area contributed by atoms with Gasteiger partial charge in [0.05, 0.1) is 5.69 Å². The molecular formula is C16H19FN2O2S. The van der Waals surface area contributed by atoms with Crippen LogP contribution in [0.5, 0.6) is 0 Å². The Kier molecular flexibility index (Phi) is 4.53. The second-order valence-electron chi connectivity index (χ2n) is 6.02. The van der Waals surface area contributed by atoms with Crippen molar-refractivity contribution in [3.63, 3.8) is 0 Å². The molecule has 0 bridgehead atoms. The highest BCUT2D eigenvalue weighted by atomic mass is 32.2. The third kappa shape index (κ3) is 4.54. The summed E-state index contributed by atoms with van der Waals surface area (Å²) in [5.74, 6) is -0.624. The molecule has 22 heavy (non-hydrogen) atoms. The maximum Gasteiger partial charge on any atom is 0.299 e. The lowest BCUT2D eigenvalue weighted by atomic mass is 10.1. The monoisotopic (exact) mass is 322 g/mol. The molecular weight excluding hydrogens is 303 g/mol. The highest BCUT2D eigenvalue weighted by Gasteiger charge is 2.20. The summed E-state index contributed by atoms with van der Waals surface area (Å²) in [5, 5.41) is 0. The van der Waals surface area contributed by atoms with Gasteiger partial charge in [-0.25, -0.2) is 4.39 Å². The van der Waals surface area contributed by atoms with E-state index in [1.54, 1.807) is 26.8 Å². The predicted molar refractivity (Wildman–Crippen MR) is 87.3 cm³/mol. The first-order valence-electron chi connectivity index (χ1n) is 6.83. The van der Waals surface area contributed by atoms with Gasteiger partial charge in [0.15, 0.2) is 0 Å². The highest BCUT2D eigenvalue weighted by Crippen LogP contribution is 2.24. The zero-order chi connectivity index (χ0) is 16.4. The lowest BCUT2D eigenvalue weighted by molar-refractivity contribution is 0.494. The molecule has 0 saturated heterocycles. The number of nitrogens with one attached hydrogen (secondary N) is 2. The normalized spacial score (nSPS) is 12.2. The van der Waals surface area contributed by atoms with Crippen molar-refractivity contribution in [1.82, 2.24) is 4.72 Å². The fourth-order valence-corrected chi connectivity index (χ4v) is 3.29. The topological polar surface area (TPSA) is 58.2 Å². The molecule has 0 atom stereocenters. The van der Waals surface area contributed by atoms with Crippen LogP contribution in [0.15, 0.2) is 48.5 Å².